The van der Waals surface area contributed by atoms with Gasteiger partial charge in [0.15, 0.2) is 9.84 Å². The van der Waals surface area contributed by atoms with E-state index in [9.17, 15) is 13.2 Å². The lowest BCUT2D eigenvalue weighted by molar-refractivity contribution is 0.0857. The SMILES string of the molecule is Cc1cc(N)nc(C)c1CNC(=O)c1ccc2c(c1)C1OC2c2cc(-c3ccccc3S(C)(=O)=O)ccc21. The van der Waals surface area contributed by atoms with Gasteiger partial charge in [0.25, 0.3) is 5.91 Å². The van der Waals surface area contributed by atoms with Gasteiger partial charge in [0, 0.05) is 29.6 Å². The number of nitrogens with two attached hydrogens (primary N) is 1. The summed E-state index contributed by atoms with van der Waals surface area (Å²) in [5.74, 6) is 0.301. The van der Waals surface area contributed by atoms with E-state index >= 15 is 0 Å². The van der Waals surface area contributed by atoms with E-state index in [4.69, 9.17) is 10.5 Å². The van der Waals surface area contributed by atoms with E-state index in [1.165, 1.54) is 6.26 Å². The van der Waals surface area contributed by atoms with Crippen LogP contribution in [-0.4, -0.2) is 25.6 Å². The number of benzene rings is 3. The Morgan fingerprint density at radius 3 is 2.34 bits per heavy atom. The van der Waals surface area contributed by atoms with Gasteiger partial charge in [0.2, 0.25) is 0 Å². The number of ether oxygens (including phenoxy) is 1. The topological polar surface area (TPSA) is 111 Å². The van der Waals surface area contributed by atoms with Gasteiger partial charge < -0.3 is 15.8 Å². The van der Waals surface area contributed by atoms with Gasteiger partial charge in [0.1, 0.15) is 18.0 Å². The molecule has 2 bridgehead atoms. The molecule has 3 N–H and O–H groups in total. The van der Waals surface area contributed by atoms with E-state index in [1.54, 1.807) is 18.2 Å². The average molecular weight is 526 g/mol. The van der Waals surface area contributed by atoms with Crippen LogP contribution in [0.3, 0.4) is 0 Å². The molecule has 0 spiro atoms. The van der Waals surface area contributed by atoms with Crippen LogP contribution in [-0.2, 0) is 21.1 Å². The van der Waals surface area contributed by atoms with Gasteiger partial charge in [0.05, 0.1) is 4.90 Å². The van der Waals surface area contributed by atoms with Crippen LogP contribution < -0.4 is 11.1 Å². The summed E-state index contributed by atoms with van der Waals surface area (Å²) >= 11 is 0. The predicted octanol–water partition coefficient (Wildman–Crippen LogP) is 4.80. The molecule has 3 heterocycles. The maximum atomic E-state index is 13.0. The third kappa shape index (κ3) is 3.97. The highest BCUT2D eigenvalue weighted by atomic mass is 32.2. The fraction of sp³-hybridized carbons (Fsp3) is 0.200. The first-order chi connectivity index (χ1) is 18.1. The summed E-state index contributed by atoms with van der Waals surface area (Å²) in [4.78, 5) is 17.6. The van der Waals surface area contributed by atoms with Crippen molar-refractivity contribution >= 4 is 21.6 Å². The molecule has 192 valence electrons. The van der Waals surface area contributed by atoms with Gasteiger partial charge in [-0.2, -0.15) is 0 Å². The summed E-state index contributed by atoms with van der Waals surface area (Å²) in [5, 5.41) is 3.00. The van der Waals surface area contributed by atoms with Crippen LogP contribution in [0.4, 0.5) is 5.82 Å². The molecule has 0 saturated heterocycles. The second kappa shape index (κ2) is 8.79. The van der Waals surface area contributed by atoms with Gasteiger partial charge in [-0.1, -0.05) is 36.4 Å². The molecule has 0 fully saturated rings. The monoisotopic (exact) mass is 525 g/mol. The number of pyridine rings is 1. The van der Waals surface area contributed by atoms with Crippen LogP contribution in [0.2, 0.25) is 0 Å². The van der Waals surface area contributed by atoms with Crippen LogP contribution in [0, 0.1) is 13.8 Å². The summed E-state index contributed by atoms with van der Waals surface area (Å²) in [6.07, 6.45) is 0.713. The first-order valence-corrected chi connectivity index (χ1v) is 14.2. The Balaban J connectivity index is 1.27. The lowest BCUT2D eigenvalue weighted by Crippen LogP contribution is -2.24. The third-order valence-electron chi connectivity index (χ3n) is 7.44. The van der Waals surface area contributed by atoms with E-state index in [-0.39, 0.29) is 18.1 Å². The largest absolute Gasteiger partial charge is 0.384 e. The Morgan fingerprint density at radius 1 is 0.947 bits per heavy atom. The lowest BCUT2D eigenvalue weighted by atomic mass is 9.84. The maximum absolute atomic E-state index is 13.0. The molecule has 0 aliphatic carbocycles. The molecule has 8 heteroatoms. The van der Waals surface area contributed by atoms with Crippen molar-refractivity contribution in [1.82, 2.24) is 10.3 Å². The number of aryl methyl sites for hydroxylation is 2. The number of rotatable bonds is 5. The Morgan fingerprint density at radius 2 is 1.63 bits per heavy atom. The van der Waals surface area contributed by atoms with Crippen LogP contribution in [0.1, 0.15) is 61.6 Å². The molecule has 2 aliphatic rings. The molecule has 7 nitrogen and oxygen atoms in total. The highest BCUT2D eigenvalue weighted by Crippen LogP contribution is 2.55. The minimum absolute atomic E-state index is 0.167. The molecule has 2 unspecified atom stereocenters. The number of carbonyl (C=O) groups is 1. The predicted molar refractivity (Wildman–Crippen MR) is 145 cm³/mol. The van der Waals surface area contributed by atoms with Crippen molar-refractivity contribution in [1.29, 1.82) is 0 Å². The molecule has 2 aliphatic heterocycles. The van der Waals surface area contributed by atoms with Crippen LogP contribution in [0.15, 0.2) is 71.6 Å². The number of hydrogen-bond donors (Lipinski definition) is 2. The molecule has 0 radical (unpaired) electrons. The second-order valence-electron chi connectivity index (χ2n) is 9.96. The fourth-order valence-corrected chi connectivity index (χ4v) is 6.52. The Hall–Kier alpha value is -4.01. The molecule has 1 aromatic heterocycles. The lowest BCUT2D eigenvalue weighted by Gasteiger charge is -2.18. The van der Waals surface area contributed by atoms with Crippen molar-refractivity contribution in [2.24, 2.45) is 0 Å². The van der Waals surface area contributed by atoms with Gasteiger partial charge in [-0.15, -0.1) is 0 Å². The molecule has 1 amide bonds. The number of anilines is 1. The maximum Gasteiger partial charge on any atom is 0.251 e. The van der Waals surface area contributed by atoms with Crippen molar-refractivity contribution in [3.63, 3.8) is 0 Å². The molecule has 3 aromatic carbocycles. The van der Waals surface area contributed by atoms with Crippen molar-refractivity contribution in [2.45, 2.75) is 37.5 Å². The van der Waals surface area contributed by atoms with E-state index in [2.05, 4.69) is 10.3 Å². The average Bonchev–Trinajstić information content (AvgIpc) is 3.44. The number of carbonyl (C=O) groups excluding carboxylic acids is 1. The summed E-state index contributed by atoms with van der Waals surface area (Å²) in [6, 6.07) is 20.5. The molecular formula is C30H27N3O4S. The van der Waals surface area contributed by atoms with Gasteiger partial charge >= 0.3 is 0 Å². The Bertz CT molecular complexity index is 1720. The van der Waals surface area contributed by atoms with Crippen molar-refractivity contribution in [3.05, 3.63) is 111 Å². The smallest absolute Gasteiger partial charge is 0.251 e. The third-order valence-corrected chi connectivity index (χ3v) is 8.59. The minimum Gasteiger partial charge on any atom is -0.384 e. The highest BCUT2D eigenvalue weighted by molar-refractivity contribution is 7.90. The zero-order valence-corrected chi connectivity index (χ0v) is 22.1. The number of sulfone groups is 1. The summed E-state index contributed by atoms with van der Waals surface area (Å²) in [6.45, 7) is 4.21. The zero-order valence-electron chi connectivity index (χ0n) is 21.3. The Labute approximate surface area is 221 Å². The zero-order chi connectivity index (χ0) is 26.8. The van der Waals surface area contributed by atoms with Crippen LogP contribution in [0.5, 0.6) is 0 Å². The first-order valence-electron chi connectivity index (χ1n) is 12.3. The number of aromatic nitrogens is 1. The Kier molecular flexibility index (Phi) is 5.63. The van der Waals surface area contributed by atoms with Gasteiger partial charge in [-0.05, 0) is 83.1 Å². The quantitative estimate of drug-likeness (QED) is 0.387. The standard InChI is InChI=1S/C30H27N3O4S/c1-16-12-27(31)33-17(2)25(16)15-32-30(34)19-9-11-22-24(14-19)29-21-10-8-18(13-23(21)28(22)37-29)20-6-4-5-7-26(20)38(3,35)36/h4-14,28-29H,15H2,1-3H3,(H2,31,33)(H,32,34). The summed E-state index contributed by atoms with van der Waals surface area (Å²) in [5.41, 5.74) is 14.7. The van der Waals surface area contributed by atoms with Crippen molar-refractivity contribution in [3.8, 4) is 11.1 Å². The van der Waals surface area contributed by atoms with Gasteiger partial charge in [-0.25, -0.2) is 13.4 Å². The molecule has 2 atom stereocenters. The first kappa shape index (κ1) is 24.3. The molecule has 4 aromatic rings. The normalized spacial score (nSPS) is 17.2. The summed E-state index contributed by atoms with van der Waals surface area (Å²) in [7, 11) is -3.38. The van der Waals surface area contributed by atoms with E-state index < -0.39 is 9.84 Å². The van der Waals surface area contributed by atoms with E-state index in [1.807, 2.05) is 62.4 Å². The second-order valence-corrected chi connectivity index (χ2v) is 11.9. The number of hydrogen-bond acceptors (Lipinski definition) is 6. The van der Waals surface area contributed by atoms with Gasteiger partial charge in [-0.3, -0.25) is 4.79 Å². The molecular weight excluding hydrogens is 498 g/mol. The minimum atomic E-state index is -3.38. The number of nitrogens with one attached hydrogen (secondary N) is 1. The van der Waals surface area contributed by atoms with Crippen LogP contribution >= 0.6 is 0 Å². The molecule has 38 heavy (non-hydrogen) atoms. The van der Waals surface area contributed by atoms with Crippen LogP contribution in [0.25, 0.3) is 11.1 Å². The summed E-state index contributed by atoms with van der Waals surface area (Å²) < 4.78 is 31.0. The molecule has 0 saturated carbocycles. The van der Waals surface area contributed by atoms with E-state index in [0.29, 0.717) is 28.4 Å². The number of nitrogens with zero attached hydrogens (tertiary/aromatic N) is 1. The highest BCUT2D eigenvalue weighted by Gasteiger charge is 2.43. The molecule has 6 rings (SSSR count). The van der Waals surface area contributed by atoms with Crippen molar-refractivity contribution in [2.75, 3.05) is 12.0 Å². The number of nitrogen functional groups attached to an aromatic ring is 1. The van der Waals surface area contributed by atoms with E-state index in [0.717, 1.165) is 44.6 Å². The van der Waals surface area contributed by atoms with Crippen molar-refractivity contribution < 1.29 is 17.9 Å². The number of amides is 1. The number of fused-ring (bicyclic) bond motifs is 8. The fourth-order valence-electron chi connectivity index (χ4n) is 5.61.